The number of carbonyl (C=O) groups excluding carboxylic acids is 1. The zero-order chi connectivity index (χ0) is 13.0. The summed E-state index contributed by atoms with van der Waals surface area (Å²) in [6, 6.07) is 6.95. The Morgan fingerprint density at radius 3 is 2.78 bits per heavy atom. The molecular formula is C12H14N4O2. The normalized spacial score (nSPS) is 10.1. The molecule has 0 unspecified atom stereocenters. The lowest BCUT2D eigenvalue weighted by molar-refractivity contribution is 0.0943. The number of hydrazine groups is 1. The van der Waals surface area contributed by atoms with Crippen molar-refractivity contribution < 1.29 is 9.21 Å². The SMILES string of the molecule is Cc1ccc(CNC(=O)c2ccc(NN)cn2)o1. The third-order valence-electron chi connectivity index (χ3n) is 2.38. The summed E-state index contributed by atoms with van der Waals surface area (Å²) in [6.07, 6.45) is 1.49. The van der Waals surface area contributed by atoms with E-state index in [0.717, 1.165) is 5.76 Å². The maximum atomic E-state index is 11.8. The van der Waals surface area contributed by atoms with Gasteiger partial charge < -0.3 is 15.2 Å². The number of pyridine rings is 1. The second-order valence-electron chi connectivity index (χ2n) is 3.77. The van der Waals surface area contributed by atoms with Crippen molar-refractivity contribution in [3.8, 4) is 0 Å². The lowest BCUT2D eigenvalue weighted by atomic mass is 10.3. The molecule has 0 aromatic carbocycles. The number of aryl methyl sites for hydroxylation is 1. The van der Waals surface area contributed by atoms with Gasteiger partial charge in [-0.15, -0.1) is 0 Å². The van der Waals surface area contributed by atoms with E-state index in [1.165, 1.54) is 6.20 Å². The van der Waals surface area contributed by atoms with Crippen LogP contribution < -0.4 is 16.6 Å². The van der Waals surface area contributed by atoms with Crippen LogP contribution in [0.15, 0.2) is 34.9 Å². The van der Waals surface area contributed by atoms with E-state index in [2.05, 4.69) is 15.7 Å². The van der Waals surface area contributed by atoms with E-state index in [1.54, 1.807) is 12.1 Å². The summed E-state index contributed by atoms with van der Waals surface area (Å²) in [5.41, 5.74) is 3.42. The monoisotopic (exact) mass is 246 g/mol. The van der Waals surface area contributed by atoms with Crippen LogP contribution >= 0.6 is 0 Å². The van der Waals surface area contributed by atoms with Gasteiger partial charge in [-0.1, -0.05) is 0 Å². The number of carbonyl (C=O) groups is 1. The number of rotatable bonds is 4. The van der Waals surface area contributed by atoms with Crippen molar-refractivity contribution in [1.29, 1.82) is 0 Å². The van der Waals surface area contributed by atoms with Gasteiger partial charge in [0.1, 0.15) is 17.2 Å². The summed E-state index contributed by atoms with van der Waals surface area (Å²) in [7, 11) is 0. The van der Waals surface area contributed by atoms with Crippen LogP contribution in [-0.2, 0) is 6.54 Å². The van der Waals surface area contributed by atoms with Crippen molar-refractivity contribution >= 4 is 11.6 Å². The highest BCUT2D eigenvalue weighted by atomic mass is 16.3. The smallest absolute Gasteiger partial charge is 0.270 e. The third-order valence-corrected chi connectivity index (χ3v) is 2.38. The van der Waals surface area contributed by atoms with Crippen molar-refractivity contribution in [3.63, 3.8) is 0 Å². The minimum atomic E-state index is -0.257. The number of hydrogen-bond acceptors (Lipinski definition) is 5. The summed E-state index contributed by atoms with van der Waals surface area (Å²) in [6.45, 7) is 2.19. The molecule has 2 aromatic rings. The Labute approximate surface area is 104 Å². The molecule has 0 radical (unpaired) electrons. The summed E-state index contributed by atoms with van der Waals surface area (Å²) in [4.78, 5) is 15.7. The molecule has 94 valence electrons. The molecule has 0 aliphatic rings. The van der Waals surface area contributed by atoms with Crippen molar-refractivity contribution in [1.82, 2.24) is 10.3 Å². The lowest BCUT2D eigenvalue weighted by Gasteiger charge is -2.03. The minimum absolute atomic E-state index is 0.257. The quantitative estimate of drug-likeness (QED) is 0.556. The van der Waals surface area contributed by atoms with Crippen LogP contribution in [0.5, 0.6) is 0 Å². The predicted molar refractivity (Wildman–Crippen MR) is 66.7 cm³/mol. The number of aromatic nitrogens is 1. The van der Waals surface area contributed by atoms with Crippen LogP contribution in [0.2, 0.25) is 0 Å². The maximum absolute atomic E-state index is 11.8. The molecule has 2 rings (SSSR count). The molecule has 2 heterocycles. The first kappa shape index (κ1) is 12.1. The number of nitrogen functional groups attached to an aromatic ring is 1. The molecule has 0 saturated carbocycles. The van der Waals surface area contributed by atoms with Crippen molar-refractivity contribution in [2.24, 2.45) is 5.84 Å². The lowest BCUT2D eigenvalue weighted by Crippen LogP contribution is -2.23. The maximum Gasteiger partial charge on any atom is 0.270 e. The molecule has 0 bridgehead atoms. The van der Waals surface area contributed by atoms with Gasteiger partial charge in [-0.3, -0.25) is 10.6 Å². The largest absolute Gasteiger partial charge is 0.465 e. The molecule has 1 amide bonds. The molecule has 6 nitrogen and oxygen atoms in total. The third kappa shape index (κ3) is 2.86. The average molecular weight is 246 g/mol. The first-order valence-electron chi connectivity index (χ1n) is 5.45. The molecule has 4 N–H and O–H groups in total. The van der Waals surface area contributed by atoms with E-state index in [-0.39, 0.29) is 5.91 Å². The Morgan fingerprint density at radius 1 is 1.39 bits per heavy atom. The molecule has 0 spiro atoms. The summed E-state index contributed by atoms with van der Waals surface area (Å²) < 4.78 is 5.34. The van der Waals surface area contributed by atoms with E-state index in [4.69, 9.17) is 10.3 Å². The van der Waals surface area contributed by atoms with Gasteiger partial charge in [0.15, 0.2) is 0 Å². The van der Waals surface area contributed by atoms with E-state index in [9.17, 15) is 4.79 Å². The van der Waals surface area contributed by atoms with Crippen molar-refractivity contribution in [3.05, 3.63) is 47.7 Å². The number of nitrogens with zero attached hydrogens (tertiary/aromatic N) is 1. The molecule has 0 atom stereocenters. The first-order valence-corrected chi connectivity index (χ1v) is 5.45. The number of amides is 1. The Kier molecular flexibility index (Phi) is 3.59. The van der Waals surface area contributed by atoms with Crippen LogP contribution in [0, 0.1) is 6.92 Å². The fourth-order valence-corrected chi connectivity index (χ4v) is 1.45. The summed E-state index contributed by atoms with van der Waals surface area (Å²) >= 11 is 0. The number of nitrogens with two attached hydrogens (primary N) is 1. The highest BCUT2D eigenvalue weighted by molar-refractivity contribution is 5.92. The summed E-state index contributed by atoms with van der Waals surface area (Å²) in [5, 5.41) is 2.72. The molecule has 6 heteroatoms. The van der Waals surface area contributed by atoms with Gasteiger partial charge in [-0.05, 0) is 31.2 Å². The van der Waals surface area contributed by atoms with Crippen molar-refractivity contribution in [2.75, 3.05) is 5.43 Å². The fourth-order valence-electron chi connectivity index (χ4n) is 1.45. The Hall–Kier alpha value is -2.34. The zero-order valence-electron chi connectivity index (χ0n) is 9.93. The highest BCUT2D eigenvalue weighted by Crippen LogP contribution is 2.07. The average Bonchev–Trinajstić information content (AvgIpc) is 2.82. The molecule has 2 aromatic heterocycles. The molecule has 18 heavy (non-hydrogen) atoms. The summed E-state index contributed by atoms with van der Waals surface area (Å²) in [5.74, 6) is 6.48. The zero-order valence-corrected chi connectivity index (χ0v) is 9.93. The predicted octanol–water partition coefficient (Wildman–Crippen LogP) is 1.20. The Balaban J connectivity index is 1.94. The minimum Gasteiger partial charge on any atom is -0.465 e. The van der Waals surface area contributed by atoms with Crippen LogP contribution in [0.25, 0.3) is 0 Å². The van der Waals surface area contributed by atoms with E-state index in [1.807, 2.05) is 19.1 Å². The van der Waals surface area contributed by atoms with E-state index >= 15 is 0 Å². The standard InChI is InChI=1S/C12H14N4O2/c1-8-2-4-10(18-8)7-15-12(17)11-5-3-9(16-13)6-14-11/h2-6,16H,7,13H2,1H3,(H,15,17). The van der Waals surface area contributed by atoms with Crippen LogP contribution in [-0.4, -0.2) is 10.9 Å². The van der Waals surface area contributed by atoms with Crippen LogP contribution in [0.1, 0.15) is 22.0 Å². The van der Waals surface area contributed by atoms with Gasteiger partial charge in [-0.25, -0.2) is 4.98 Å². The van der Waals surface area contributed by atoms with Crippen LogP contribution in [0.3, 0.4) is 0 Å². The first-order chi connectivity index (χ1) is 8.69. The van der Waals surface area contributed by atoms with E-state index < -0.39 is 0 Å². The Morgan fingerprint density at radius 2 is 2.22 bits per heavy atom. The van der Waals surface area contributed by atoms with Crippen LogP contribution in [0.4, 0.5) is 5.69 Å². The second kappa shape index (κ2) is 5.33. The van der Waals surface area contributed by atoms with Gasteiger partial charge in [0.05, 0.1) is 18.4 Å². The van der Waals surface area contributed by atoms with Gasteiger partial charge in [0.2, 0.25) is 0 Å². The van der Waals surface area contributed by atoms with Gasteiger partial charge in [0, 0.05) is 0 Å². The fraction of sp³-hybridized carbons (Fsp3) is 0.167. The number of hydrogen-bond donors (Lipinski definition) is 3. The molecule has 0 aliphatic heterocycles. The molecule has 0 aliphatic carbocycles. The Bertz CT molecular complexity index is 533. The van der Waals surface area contributed by atoms with Crippen molar-refractivity contribution in [2.45, 2.75) is 13.5 Å². The topological polar surface area (TPSA) is 93.2 Å². The van der Waals surface area contributed by atoms with Gasteiger partial charge in [-0.2, -0.15) is 0 Å². The van der Waals surface area contributed by atoms with Gasteiger partial charge >= 0.3 is 0 Å². The molecule has 0 fully saturated rings. The highest BCUT2D eigenvalue weighted by Gasteiger charge is 2.07. The van der Waals surface area contributed by atoms with E-state index in [0.29, 0.717) is 23.7 Å². The second-order valence-corrected chi connectivity index (χ2v) is 3.77. The molecule has 0 saturated heterocycles. The number of furan rings is 1. The molecular weight excluding hydrogens is 232 g/mol. The number of anilines is 1. The van der Waals surface area contributed by atoms with Gasteiger partial charge in [0.25, 0.3) is 5.91 Å². The number of nitrogens with one attached hydrogen (secondary N) is 2.